The molecule has 0 bridgehead atoms. The van der Waals surface area contributed by atoms with Crippen molar-refractivity contribution in [2.75, 3.05) is 26.7 Å². The number of nitrogens with zero attached hydrogens (tertiary/aromatic N) is 2. The highest BCUT2D eigenvalue weighted by Crippen LogP contribution is 2.15. The Labute approximate surface area is 127 Å². The molecular formula is C15H17FN2O4. The van der Waals surface area contributed by atoms with Crippen LogP contribution in [0.5, 0.6) is 0 Å². The molecule has 2 rings (SSSR count). The van der Waals surface area contributed by atoms with Crippen molar-refractivity contribution in [3.05, 3.63) is 35.6 Å². The molecule has 2 amide bonds. The minimum absolute atomic E-state index is 0.0294. The number of carbonyl (C=O) groups is 3. The van der Waals surface area contributed by atoms with E-state index in [0.29, 0.717) is 0 Å². The van der Waals surface area contributed by atoms with Gasteiger partial charge in [-0.15, -0.1) is 0 Å². The molecule has 1 aliphatic heterocycles. The highest BCUT2D eigenvalue weighted by molar-refractivity contribution is 5.95. The molecule has 1 unspecified atom stereocenters. The van der Waals surface area contributed by atoms with Crippen LogP contribution in [0.2, 0.25) is 0 Å². The number of methoxy groups -OCH3 is 1. The van der Waals surface area contributed by atoms with Crippen molar-refractivity contribution in [3.63, 3.8) is 0 Å². The SMILES string of the molecule is COC(=O)C1CN(C(=O)c2cccc(F)c2)CCN1C(C)=O. The number of hydrogen-bond donors (Lipinski definition) is 0. The Kier molecular flexibility index (Phi) is 4.75. The monoisotopic (exact) mass is 308 g/mol. The molecule has 0 radical (unpaired) electrons. The summed E-state index contributed by atoms with van der Waals surface area (Å²) in [5.41, 5.74) is 0.208. The molecule has 1 heterocycles. The predicted molar refractivity (Wildman–Crippen MR) is 75.5 cm³/mol. The largest absolute Gasteiger partial charge is 0.467 e. The molecule has 7 heteroatoms. The Morgan fingerprint density at radius 1 is 1.27 bits per heavy atom. The van der Waals surface area contributed by atoms with Crippen molar-refractivity contribution in [1.82, 2.24) is 9.80 Å². The number of benzene rings is 1. The van der Waals surface area contributed by atoms with Gasteiger partial charge < -0.3 is 14.5 Å². The summed E-state index contributed by atoms with van der Waals surface area (Å²) in [5.74, 6) is -1.71. The number of amides is 2. The zero-order valence-electron chi connectivity index (χ0n) is 12.4. The lowest BCUT2D eigenvalue weighted by atomic mass is 10.1. The van der Waals surface area contributed by atoms with Gasteiger partial charge in [-0.1, -0.05) is 6.07 Å². The second-order valence-corrected chi connectivity index (χ2v) is 5.01. The van der Waals surface area contributed by atoms with Crippen molar-refractivity contribution in [3.8, 4) is 0 Å². The molecule has 22 heavy (non-hydrogen) atoms. The Bertz CT molecular complexity index is 605. The summed E-state index contributed by atoms with van der Waals surface area (Å²) in [4.78, 5) is 38.6. The first-order valence-corrected chi connectivity index (χ1v) is 6.84. The van der Waals surface area contributed by atoms with Crippen LogP contribution in [0.15, 0.2) is 24.3 Å². The van der Waals surface area contributed by atoms with E-state index in [9.17, 15) is 18.8 Å². The molecule has 118 valence electrons. The molecule has 1 saturated heterocycles. The average molecular weight is 308 g/mol. The maximum Gasteiger partial charge on any atom is 0.330 e. The third-order valence-electron chi connectivity index (χ3n) is 3.62. The summed E-state index contributed by atoms with van der Waals surface area (Å²) in [7, 11) is 1.23. The fourth-order valence-electron chi connectivity index (χ4n) is 2.49. The van der Waals surface area contributed by atoms with Crippen molar-refractivity contribution in [1.29, 1.82) is 0 Å². The van der Waals surface area contributed by atoms with Crippen LogP contribution in [0.1, 0.15) is 17.3 Å². The van der Waals surface area contributed by atoms with Crippen LogP contribution in [0.25, 0.3) is 0 Å². The predicted octanol–water partition coefficient (Wildman–Crippen LogP) is 0.672. The van der Waals surface area contributed by atoms with Crippen molar-refractivity contribution in [2.24, 2.45) is 0 Å². The summed E-state index contributed by atoms with van der Waals surface area (Å²) in [6.45, 7) is 1.90. The Hall–Kier alpha value is -2.44. The molecule has 0 saturated carbocycles. The molecule has 0 N–H and O–H groups in total. The van der Waals surface area contributed by atoms with E-state index in [1.54, 1.807) is 0 Å². The van der Waals surface area contributed by atoms with Gasteiger partial charge in [0.25, 0.3) is 5.91 Å². The van der Waals surface area contributed by atoms with Gasteiger partial charge in [0.05, 0.1) is 13.7 Å². The van der Waals surface area contributed by atoms with E-state index in [-0.39, 0.29) is 37.0 Å². The van der Waals surface area contributed by atoms with Crippen LogP contribution < -0.4 is 0 Å². The van der Waals surface area contributed by atoms with Gasteiger partial charge in [0.2, 0.25) is 5.91 Å². The normalized spacial score (nSPS) is 18.0. The van der Waals surface area contributed by atoms with E-state index in [1.165, 1.54) is 42.0 Å². The first-order valence-electron chi connectivity index (χ1n) is 6.84. The molecule has 0 aliphatic carbocycles. The molecule has 1 atom stereocenters. The summed E-state index contributed by atoms with van der Waals surface area (Å²) in [6.07, 6.45) is 0. The molecule has 6 nitrogen and oxygen atoms in total. The van der Waals surface area contributed by atoms with Gasteiger partial charge in [-0.05, 0) is 18.2 Å². The van der Waals surface area contributed by atoms with E-state index in [0.717, 1.165) is 6.07 Å². The Morgan fingerprint density at radius 3 is 2.59 bits per heavy atom. The maximum atomic E-state index is 13.2. The van der Waals surface area contributed by atoms with Gasteiger partial charge in [0, 0.05) is 25.6 Å². The van der Waals surface area contributed by atoms with Crippen LogP contribution >= 0.6 is 0 Å². The van der Waals surface area contributed by atoms with Crippen molar-refractivity contribution < 1.29 is 23.5 Å². The molecule has 0 aromatic heterocycles. The number of rotatable bonds is 2. The second-order valence-electron chi connectivity index (χ2n) is 5.01. The maximum absolute atomic E-state index is 13.2. The fourth-order valence-corrected chi connectivity index (χ4v) is 2.49. The Balaban J connectivity index is 2.18. The fraction of sp³-hybridized carbons (Fsp3) is 0.400. The van der Waals surface area contributed by atoms with Crippen LogP contribution in [0.4, 0.5) is 4.39 Å². The number of piperazine rings is 1. The number of halogens is 1. The van der Waals surface area contributed by atoms with Gasteiger partial charge in [-0.2, -0.15) is 0 Å². The molecule has 1 aromatic rings. The summed E-state index contributed by atoms with van der Waals surface area (Å²) >= 11 is 0. The summed E-state index contributed by atoms with van der Waals surface area (Å²) < 4.78 is 17.9. The number of esters is 1. The van der Waals surface area contributed by atoms with Gasteiger partial charge in [0.15, 0.2) is 0 Å². The smallest absolute Gasteiger partial charge is 0.330 e. The summed E-state index contributed by atoms with van der Waals surface area (Å²) in [6, 6.07) is 4.52. The lowest BCUT2D eigenvalue weighted by Gasteiger charge is -2.39. The van der Waals surface area contributed by atoms with Crippen LogP contribution in [0, 0.1) is 5.82 Å². The molecule has 1 aliphatic rings. The lowest BCUT2D eigenvalue weighted by Crippen LogP contribution is -2.59. The third kappa shape index (κ3) is 3.24. The molecule has 1 aromatic carbocycles. The minimum Gasteiger partial charge on any atom is -0.467 e. The zero-order chi connectivity index (χ0) is 16.3. The zero-order valence-corrected chi connectivity index (χ0v) is 12.4. The highest BCUT2D eigenvalue weighted by atomic mass is 19.1. The van der Waals surface area contributed by atoms with Crippen LogP contribution in [0.3, 0.4) is 0 Å². The first-order chi connectivity index (χ1) is 10.4. The second kappa shape index (κ2) is 6.55. The number of hydrogen-bond acceptors (Lipinski definition) is 4. The highest BCUT2D eigenvalue weighted by Gasteiger charge is 2.36. The molecule has 1 fully saturated rings. The van der Waals surface area contributed by atoms with Gasteiger partial charge >= 0.3 is 5.97 Å². The number of carbonyl (C=O) groups excluding carboxylic acids is 3. The van der Waals surface area contributed by atoms with E-state index < -0.39 is 17.8 Å². The topological polar surface area (TPSA) is 66.9 Å². The molecule has 0 spiro atoms. The van der Waals surface area contributed by atoms with E-state index in [4.69, 9.17) is 4.74 Å². The average Bonchev–Trinajstić information content (AvgIpc) is 2.52. The minimum atomic E-state index is -0.839. The van der Waals surface area contributed by atoms with E-state index in [2.05, 4.69) is 0 Å². The quantitative estimate of drug-likeness (QED) is 0.753. The Morgan fingerprint density at radius 2 is 2.00 bits per heavy atom. The van der Waals surface area contributed by atoms with E-state index in [1.807, 2.05) is 0 Å². The standard InChI is InChI=1S/C15H17FN2O4/c1-10(19)18-7-6-17(9-13(18)15(21)22-2)14(20)11-4-3-5-12(16)8-11/h3-5,8,13H,6-7,9H2,1-2H3. The lowest BCUT2D eigenvalue weighted by molar-refractivity contribution is -0.154. The first kappa shape index (κ1) is 15.9. The third-order valence-corrected chi connectivity index (χ3v) is 3.62. The van der Waals surface area contributed by atoms with Gasteiger partial charge in [-0.3, -0.25) is 9.59 Å². The van der Waals surface area contributed by atoms with Crippen molar-refractivity contribution in [2.45, 2.75) is 13.0 Å². The number of ether oxygens (including phenoxy) is 1. The summed E-state index contributed by atoms with van der Waals surface area (Å²) in [5, 5.41) is 0. The van der Waals surface area contributed by atoms with Gasteiger partial charge in [-0.25, -0.2) is 9.18 Å². The van der Waals surface area contributed by atoms with Gasteiger partial charge in [0.1, 0.15) is 11.9 Å². The van der Waals surface area contributed by atoms with Crippen LogP contribution in [-0.2, 0) is 14.3 Å². The molecular weight excluding hydrogens is 291 g/mol. The van der Waals surface area contributed by atoms with Crippen LogP contribution in [-0.4, -0.2) is 60.4 Å². The van der Waals surface area contributed by atoms with E-state index >= 15 is 0 Å². The van der Waals surface area contributed by atoms with Crippen molar-refractivity contribution >= 4 is 17.8 Å².